The smallest absolute Gasteiger partial charge is 0.133 e. The van der Waals surface area contributed by atoms with Crippen LogP contribution in [0.4, 0.5) is 0 Å². The molecule has 3 nitrogen and oxygen atoms in total. The largest absolute Gasteiger partial charge is 0.496 e. The number of hydrogen-bond donors (Lipinski definition) is 1. The molecule has 5 heteroatoms. The van der Waals surface area contributed by atoms with Crippen molar-refractivity contribution in [3.63, 3.8) is 0 Å². The van der Waals surface area contributed by atoms with Crippen LogP contribution in [0.2, 0.25) is 0 Å². The predicted octanol–water partition coefficient (Wildman–Crippen LogP) is 3.92. The lowest BCUT2D eigenvalue weighted by Gasteiger charge is -2.16. The van der Waals surface area contributed by atoms with Gasteiger partial charge in [-0.3, -0.25) is 0 Å². The van der Waals surface area contributed by atoms with Crippen LogP contribution < -0.4 is 9.47 Å². The Bertz CT molecular complexity index is 580. The lowest BCUT2D eigenvalue weighted by Crippen LogP contribution is -2.02. The van der Waals surface area contributed by atoms with Crippen molar-refractivity contribution in [2.45, 2.75) is 13.0 Å². The lowest BCUT2D eigenvalue weighted by atomic mass is 10.1. The third-order valence-electron chi connectivity index (χ3n) is 2.83. The minimum atomic E-state index is -0.712. The third-order valence-corrected chi connectivity index (χ3v) is 4.50. The fraction of sp³-hybridized carbons (Fsp3) is 0.286. The summed E-state index contributed by atoms with van der Waals surface area (Å²) in [5.41, 5.74) is 0.699. The third kappa shape index (κ3) is 2.94. The quantitative estimate of drug-likeness (QED) is 0.915. The van der Waals surface area contributed by atoms with Gasteiger partial charge in [-0.25, -0.2) is 0 Å². The maximum Gasteiger partial charge on any atom is 0.133 e. The second-order valence-electron chi connectivity index (χ2n) is 4.08. The summed E-state index contributed by atoms with van der Waals surface area (Å²) in [6, 6.07) is 7.52. The highest BCUT2D eigenvalue weighted by Gasteiger charge is 2.19. The summed E-state index contributed by atoms with van der Waals surface area (Å²) < 4.78 is 11.4. The van der Waals surface area contributed by atoms with E-state index in [4.69, 9.17) is 9.47 Å². The van der Waals surface area contributed by atoms with E-state index < -0.39 is 6.10 Å². The predicted molar refractivity (Wildman–Crippen MR) is 80.4 cm³/mol. The van der Waals surface area contributed by atoms with E-state index in [1.54, 1.807) is 37.7 Å². The van der Waals surface area contributed by atoms with Gasteiger partial charge in [0, 0.05) is 15.3 Å². The molecule has 1 aromatic heterocycles. The topological polar surface area (TPSA) is 38.7 Å². The molecule has 102 valence electrons. The first-order chi connectivity index (χ1) is 9.06. The summed E-state index contributed by atoms with van der Waals surface area (Å²) >= 11 is 4.98. The molecule has 1 aromatic carbocycles. The van der Waals surface area contributed by atoms with Gasteiger partial charge in [-0.15, -0.1) is 11.3 Å². The van der Waals surface area contributed by atoms with Crippen molar-refractivity contribution in [3.8, 4) is 11.5 Å². The number of thiophene rings is 1. The number of methoxy groups -OCH3 is 2. The van der Waals surface area contributed by atoms with Crippen molar-refractivity contribution >= 4 is 27.3 Å². The van der Waals surface area contributed by atoms with E-state index in [-0.39, 0.29) is 0 Å². The zero-order chi connectivity index (χ0) is 14.0. The summed E-state index contributed by atoms with van der Waals surface area (Å²) in [5, 5.41) is 10.5. The first-order valence-corrected chi connectivity index (χ1v) is 7.33. The highest BCUT2D eigenvalue weighted by Crippen LogP contribution is 2.39. The van der Waals surface area contributed by atoms with Crippen LogP contribution in [0.1, 0.15) is 21.4 Å². The molecule has 1 atom stereocenters. The molecule has 0 aliphatic rings. The molecule has 0 amide bonds. The summed E-state index contributed by atoms with van der Waals surface area (Å²) in [7, 11) is 3.18. The van der Waals surface area contributed by atoms with Crippen molar-refractivity contribution in [1.29, 1.82) is 0 Å². The van der Waals surface area contributed by atoms with E-state index in [2.05, 4.69) is 15.9 Å². The monoisotopic (exact) mass is 342 g/mol. The number of aliphatic hydroxyl groups excluding tert-OH is 1. The van der Waals surface area contributed by atoms with Crippen molar-refractivity contribution in [2.75, 3.05) is 14.2 Å². The number of halogens is 1. The maximum atomic E-state index is 10.5. The average Bonchev–Trinajstić information content (AvgIpc) is 2.84. The molecule has 0 radical (unpaired) electrons. The molecule has 0 aliphatic heterocycles. The lowest BCUT2D eigenvalue weighted by molar-refractivity contribution is 0.217. The Balaban J connectivity index is 2.48. The molecule has 0 aliphatic carbocycles. The normalized spacial score (nSPS) is 12.3. The van der Waals surface area contributed by atoms with Crippen LogP contribution in [0.5, 0.6) is 11.5 Å². The number of hydrogen-bond acceptors (Lipinski definition) is 4. The zero-order valence-corrected chi connectivity index (χ0v) is 13.3. The fourth-order valence-corrected chi connectivity index (χ4v) is 3.22. The highest BCUT2D eigenvalue weighted by molar-refractivity contribution is 9.10. The first kappa shape index (κ1) is 14.4. The minimum Gasteiger partial charge on any atom is -0.496 e. The second-order valence-corrected chi connectivity index (χ2v) is 6.25. The Hall–Kier alpha value is -1.04. The van der Waals surface area contributed by atoms with Gasteiger partial charge in [-0.05, 0) is 47.1 Å². The van der Waals surface area contributed by atoms with Gasteiger partial charge in [0.2, 0.25) is 0 Å². The van der Waals surface area contributed by atoms with Gasteiger partial charge in [0.15, 0.2) is 0 Å². The van der Waals surface area contributed by atoms with Crippen LogP contribution in [-0.4, -0.2) is 19.3 Å². The molecule has 2 rings (SSSR count). The molecule has 0 fully saturated rings. The number of benzene rings is 1. The first-order valence-electron chi connectivity index (χ1n) is 5.72. The van der Waals surface area contributed by atoms with Gasteiger partial charge < -0.3 is 14.6 Å². The molecular weight excluding hydrogens is 328 g/mol. The Morgan fingerprint density at radius 1 is 1.16 bits per heavy atom. The highest BCUT2D eigenvalue weighted by atomic mass is 79.9. The van der Waals surface area contributed by atoms with E-state index in [0.717, 1.165) is 14.2 Å². The molecule has 0 saturated heterocycles. The summed E-state index contributed by atoms with van der Waals surface area (Å²) in [4.78, 5) is 2.05. The molecule has 2 aromatic rings. The molecule has 1 unspecified atom stereocenters. The molecule has 19 heavy (non-hydrogen) atoms. The van der Waals surface area contributed by atoms with Crippen LogP contribution in [0.15, 0.2) is 28.7 Å². The van der Waals surface area contributed by atoms with Crippen molar-refractivity contribution < 1.29 is 14.6 Å². The minimum absolute atomic E-state index is 0.631. The van der Waals surface area contributed by atoms with Crippen LogP contribution in [0.3, 0.4) is 0 Å². The molecule has 1 N–H and O–H groups in total. The Morgan fingerprint density at radius 3 is 2.37 bits per heavy atom. The zero-order valence-electron chi connectivity index (χ0n) is 10.9. The van der Waals surface area contributed by atoms with Gasteiger partial charge in [0.1, 0.15) is 17.6 Å². The molecule has 0 spiro atoms. The van der Waals surface area contributed by atoms with Crippen LogP contribution in [-0.2, 0) is 0 Å². The van der Waals surface area contributed by atoms with Gasteiger partial charge in [-0.1, -0.05) is 0 Å². The number of rotatable bonds is 4. The van der Waals surface area contributed by atoms with Crippen molar-refractivity contribution in [2.24, 2.45) is 0 Å². The van der Waals surface area contributed by atoms with E-state index in [1.807, 2.05) is 19.1 Å². The van der Waals surface area contributed by atoms with E-state index in [0.29, 0.717) is 17.1 Å². The average molecular weight is 343 g/mol. The SMILES string of the molecule is COc1cc(C(O)c2ccc(C)s2)c(OC)cc1Br. The Morgan fingerprint density at radius 2 is 1.84 bits per heavy atom. The summed E-state index contributed by atoms with van der Waals surface area (Å²) in [6.07, 6.45) is -0.712. The molecular formula is C14H15BrO3S. The van der Waals surface area contributed by atoms with Gasteiger partial charge in [0.05, 0.1) is 18.7 Å². The molecule has 0 bridgehead atoms. The number of ether oxygens (including phenoxy) is 2. The molecule has 1 heterocycles. The number of aryl methyl sites for hydroxylation is 1. The fourth-order valence-electron chi connectivity index (χ4n) is 1.85. The van der Waals surface area contributed by atoms with Crippen LogP contribution in [0, 0.1) is 6.92 Å². The maximum absolute atomic E-state index is 10.5. The Labute approximate surface area is 124 Å². The van der Waals surface area contributed by atoms with E-state index in [1.165, 1.54) is 0 Å². The van der Waals surface area contributed by atoms with Gasteiger partial charge >= 0.3 is 0 Å². The van der Waals surface area contributed by atoms with E-state index in [9.17, 15) is 5.11 Å². The Kier molecular flexibility index (Phi) is 4.50. The standard InChI is InChI=1S/C14H15BrO3S/c1-8-4-5-13(19-8)14(16)9-6-12(18-3)10(15)7-11(9)17-2/h4-7,14,16H,1-3H3. The number of aliphatic hydroxyl groups is 1. The molecule has 0 saturated carbocycles. The van der Waals surface area contributed by atoms with Gasteiger partial charge in [0.25, 0.3) is 0 Å². The van der Waals surface area contributed by atoms with Crippen LogP contribution >= 0.6 is 27.3 Å². The van der Waals surface area contributed by atoms with E-state index >= 15 is 0 Å². The van der Waals surface area contributed by atoms with Crippen molar-refractivity contribution in [1.82, 2.24) is 0 Å². The van der Waals surface area contributed by atoms with Crippen LogP contribution in [0.25, 0.3) is 0 Å². The second kappa shape index (κ2) is 5.94. The summed E-state index contributed by atoms with van der Waals surface area (Å²) in [6.45, 7) is 2.01. The summed E-state index contributed by atoms with van der Waals surface area (Å²) in [5.74, 6) is 1.30. The van der Waals surface area contributed by atoms with Gasteiger partial charge in [-0.2, -0.15) is 0 Å². The van der Waals surface area contributed by atoms with Crippen molar-refractivity contribution in [3.05, 3.63) is 44.1 Å².